The van der Waals surface area contributed by atoms with E-state index in [1.165, 1.54) is 19.1 Å². The van der Waals surface area contributed by atoms with Crippen LogP contribution in [-0.2, 0) is 16.1 Å². The predicted octanol–water partition coefficient (Wildman–Crippen LogP) is 4.01. The van der Waals surface area contributed by atoms with Gasteiger partial charge in [-0.1, -0.05) is 32.0 Å². The molecule has 0 unspecified atom stereocenters. The van der Waals surface area contributed by atoms with Crippen molar-refractivity contribution >= 4 is 5.97 Å². The molecule has 0 spiro atoms. The van der Waals surface area contributed by atoms with Crippen molar-refractivity contribution in [3.05, 3.63) is 47.5 Å². The number of allylic oxidation sites excluding steroid dienone is 2. The first-order valence-corrected chi connectivity index (χ1v) is 6.58. The molecule has 0 heterocycles. The molecule has 1 aliphatic rings. The number of halogens is 2. The van der Waals surface area contributed by atoms with Crippen molar-refractivity contribution in [1.29, 1.82) is 0 Å². The third-order valence-electron chi connectivity index (χ3n) is 3.90. The zero-order chi connectivity index (χ0) is 14.9. The number of hydrogen-bond acceptors (Lipinski definition) is 2. The second kappa shape index (κ2) is 5.35. The van der Waals surface area contributed by atoms with E-state index < -0.39 is 11.8 Å². The van der Waals surface area contributed by atoms with Crippen molar-refractivity contribution in [2.75, 3.05) is 0 Å². The van der Waals surface area contributed by atoms with E-state index in [0.717, 1.165) is 0 Å². The summed E-state index contributed by atoms with van der Waals surface area (Å²) >= 11 is 0. The number of rotatable bonds is 4. The Balaban J connectivity index is 1.97. The van der Waals surface area contributed by atoms with E-state index in [1.807, 2.05) is 13.8 Å². The number of benzene rings is 1. The maximum absolute atomic E-state index is 13.4. The standard InChI is InChI=1S/C16H18F2O2/c1-10(17)8-12-14(16(12,2)3)15(19)20-9-11-6-4-5-7-13(11)18/h4-8,12,14H,9H2,1-3H3/b10-8+/t12-,14+/m1/s1. The summed E-state index contributed by atoms with van der Waals surface area (Å²) in [4.78, 5) is 12.0. The second-order valence-corrected chi connectivity index (χ2v) is 5.78. The van der Waals surface area contributed by atoms with Gasteiger partial charge in [-0.2, -0.15) is 0 Å². The molecule has 0 N–H and O–H groups in total. The highest BCUT2D eigenvalue weighted by Gasteiger charge is 2.61. The monoisotopic (exact) mass is 280 g/mol. The lowest BCUT2D eigenvalue weighted by molar-refractivity contribution is -0.147. The van der Waals surface area contributed by atoms with Crippen molar-refractivity contribution in [2.24, 2.45) is 17.3 Å². The third-order valence-corrected chi connectivity index (χ3v) is 3.90. The smallest absolute Gasteiger partial charge is 0.310 e. The lowest BCUT2D eigenvalue weighted by Gasteiger charge is -2.06. The maximum Gasteiger partial charge on any atom is 0.310 e. The first kappa shape index (κ1) is 14.7. The van der Waals surface area contributed by atoms with Gasteiger partial charge in [-0.25, -0.2) is 8.78 Å². The van der Waals surface area contributed by atoms with Gasteiger partial charge in [0.05, 0.1) is 11.7 Å². The van der Waals surface area contributed by atoms with Crippen LogP contribution in [0.3, 0.4) is 0 Å². The Bertz CT molecular complexity index is 545. The molecule has 108 valence electrons. The van der Waals surface area contributed by atoms with Crippen LogP contribution in [0.2, 0.25) is 0 Å². The fourth-order valence-corrected chi connectivity index (χ4v) is 2.54. The molecule has 1 saturated carbocycles. The van der Waals surface area contributed by atoms with E-state index in [2.05, 4.69) is 0 Å². The summed E-state index contributed by atoms with van der Waals surface area (Å²) in [7, 11) is 0. The highest BCUT2D eigenvalue weighted by Crippen LogP contribution is 2.59. The number of carbonyl (C=O) groups is 1. The Kier molecular flexibility index (Phi) is 3.93. The van der Waals surface area contributed by atoms with Gasteiger partial charge in [0.25, 0.3) is 0 Å². The van der Waals surface area contributed by atoms with E-state index in [9.17, 15) is 13.6 Å². The largest absolute Gasteiger partial charge is 0.460 e. The predicted molar refractivity (Wildman–Crippen MR) is 71.8 cm³/mol. The highest BCUT2D eigenvalue weighted by atomic mass is 19.1. The quantitative estimate of drug-likeness (QED) is 0.779. The van der Waals surface area contributed by atoms with Crippen molar-refractivity contribution in [1.82, 2.24) is 0 Å². The van der Waals surface area contributed by atoms with Gasteiger partial charge in [-0.15, -0.1) is 0 Å². The molecule has 1 aliphatic carbocycles. The minimum absolute atomic E-state index is 0.0941. The van der Waals surface area contributed by atoms with E-state index in [4.69, 9.17) is 4.74 Å². The molecule has 0 saturated heterocycles. The number of carbonyl (C=O) groups excluding carboxylic acids is 1. The summed E-state index contributed by atoms with van der Waals surface area (Å²) in [5.41, 5.74) is 0.0349. The average molecular weight is 280 g/mol. The second-order valence-electron chi connectivity index (χ2n) is 5.78. The van der Waals surface area contributed by atoms with Gasteiger partial charge in [0, 0.05) is 5.56 Å². The Morgan fingerprint density at radius 3 is 2.65 bits per heavy atom. The molecule has 0 bridgehead atoms. The van der Waals surface area contributed by atoms with Gasteiger partial charge in [0.15, 0.2) is 0 Å². The SMILES string of the molecule is C/C(F)=C\[C@@H]1[C@@H](C(=O)OCc2ccccc2F)C1(C)C. The molecule has 0 aromatic heterocycles. The number of hydrogen-bond donors (Lipinski definition) is 0. The van der Waals surface area contributed by atoms with Gasteiger partial charge in [-0.05, 0) is 30.4 Å². The first-order chi connectivity index (χ1) is 9.34. The number of ether oxygens (including phenoxy) is 1. The molecule has 2 rings (SSSR count). The van der Waals surface area contributed by atoms with Gasteiger partial charge in [0.1, 0.15) is 12.4 Å². The van der Waals surface area contributed by atoms with Crippen molar-refractivity contribution < 1.29 is 18.3 Å². The third kappa shape index (κ3) is 2.89. The summed E-state index contributed by atoms with van der Waals surface area (Å²) < 4.78 is 31.5. The minimum atomic E-state index is -0.402. The van der Waals surface area contributed by atoms with E-state index >= 15 is 0 Å². The lowest BCUT2D eigenvalue weighted by Crippen LogP contribution is -2.11. The molecule has 1 aromatic rings. The first-order valence-electron chi connectivity index (χ1n) is 6.58. The van der Waals surface area contributed by atoms with Gasteiger partial charge in [-0.3, -0.25) is 4.79 Å². The summed E-state index contributed by atoms with van der Waals surface area (Å²) in [5, 5.41) is 0. The summed E-state index contributed by atoms with van der Waals surface area (Å²) in [6.45, 7) is 5.05. The van der Waals surface area contributed by atoms with Crippen LogP contribution in [0.5, 0.6) is 0 Å². The Labute approximate surface area is 117 Å². The summed E-state index contributed by atoms with van der Waals surface area (Å²) in [5.74, 6) is -1.61. The van der Waals surface area contributed by atoms with Gasteiger partial charge >= 0.3 is 5.97 Å². The fraction of sp³-hybridized carbons (Fsp3) is 0.438. The van der Waals surface area contributed by atoms with E-state index in [-0.39, 0.29) is 29.7 Å². The fourth-order valence-electron chi connectivity index (χ4n) is 2.54. The Morgan fingerprint density at radius 2 is 2.05 bits per heavy atom. The topological polar surface area (TPSA) is 26.3 Å². The van der Waals surface area contributed by atoms with Crippen LogP contribution in [0, 0.1) is 23.1 Å². The molecule has 2 atom stereocenters. The van der Waals surface area contributed by atoms with Crippen LogP contribution in [0.15, 0.2) is 36.2 Å². The molecule has 4 heteroatoms. The molecule has 1 aromatic carbocycles. The summed E-state index contributed by atoms with van der Waals surface area (Å²) in [6, 6.07) is 6.16. The van der Waals surface area contributed by atoms with Crippen molar-refractivity contribution in [2.45, 2.75) is 27.4 Å². The molecule has 20 heavy (non-hydrogen) atoms. The van der Waals surface area contributed by atoms with Crippen molar-refractivity contribution in [3.8, 4) is 0 Å². The molecule has 1 fully saturated rings. The molecular weight excluding hydrogens is 262 g/mol. The normalized spacial score (nSPS) is 24.4. The minimum Gasteiger partial charge on any atom is -0.460 e. The Hall–Kier alpha value is -1.71. The molecule has 2 nitrogen and oxygen atoms in total. The van der Waals surface area contributed by atoms with Crippen LogP contribution in [0.4, 0.5) is 8.78 Å². The van der Waals surface area contributed by atoms with E-state index in [1.54, 1.807) is 18.2 Å². The molecule has 0 aliphatic heterocycles. The van der Waals surface area contributed by atoms with Gasteiger partial charge in [0.2, 0.25) is 0 Å². The van der Waals surface area contributed by atoms with Crippen molar-refractivity contribution in [3.63, 3.8) is 0 Å². The zero-order valence-electron chi connectivity index (χ0n) is 11.8. The molecular formula is C16H18F2O2. The van der Waals surface area contributed by atoms with Crippen LogP contribution in [-0.4, -0.2) is 5.97 Å². The van der Waals surface area contributed by atoms with Gasteiger partial charge < -0.3 is 4.74 Å². The molecule has 0 radical (unpaired) electrons. The lowest BCUT2D eigenvalue weighted by atomic mass is 10.1. The maximum atomic E-state index is 13.4. The van der Waals surface area contributed by atoms with E-state index in [0.29, 0.717) is 5.56 Å². The number of esters is 1. The van der Waals surface area contributed by atoms with Crippen LogP contribution >= 0.6 is 0 Å². The van der Waals surface area contributed by atoms with Crippen LogP contribution in [0.1, 0.15) is 26.3 Å². The zero-order valence-corrected chi connectivity index (χ0v) is 11.8. The van der Waals surface area contributed by atoms with Crippen LogP contribution in [0.25, 0.3) is 0 Å². The average Bonchev–Trinajstić information content (AvgIpc) is 2.88. The molecule has 0 amide bonds. The summed E-state index contributed by atoms with van der Waals surface area (Å²) in [6.07, 6.45) is 1.45. The van der Waals surface area contributed by atoms with Crippen LogP contribution < -0.4 is 0 Å². The Morgan fingerprint density at radius 1 is 1.40 bits per heavy atom. The highest BCUT2D eigenvalue weighted by molar-refractivity contribution is 5.78.